The summed E-state index contributed by atoms with van der Waals surface area (Å²) in [6.07, 6.45) is 0. The number of aromatic nitrogens is 1. The van der Waals surface area contributed by atoms with Crippen LogP contribution >= 0.6 is 11.8 Å². The van der Waals surface area contributed by atoms with E-state index in [1.54, 1.807) is 6.07 Å². The number of aryl methyl sites for hydroxylation is 1. The highest BCUT2D eigenvalue weighted by Gasteiger charge is 2.13. The topological polar surface area (TPSA) is 62.0 Å². The minimum Gasteiger partial charge on any atom is -0.351 e. The third-order valence-electron chi connectivity index (χ3n) is 3.70. The van der Waals surface area contributed by atoms with Crippen LogP contribution < -0.4 is 10.9 Å². The second-order valence-corrected chi connectivity index (χ2v) is 7.88. The SMILES string of the molecule is Cc1ccc(CNC(=O)CSc2ccc(C(C)(C)C)cc2)c(=O)[nH]1. The number of thioether (sulfide) groups is 1. The minimum absolute atomic E-state index is 0.0835. The van der Waals surface area contributed by atoms with Crippen molar-refractivity contribution in [2.45, 2.75) is 44.6 Å². The van der Waals surface area contributed by atoms with Gasteiger partial charge in [-0.1, -0.05) is 39.0 Å². The number of carbonyl (C=O) groups is 1. The summed E-state index contributed by atoms with van der Waals surface area (Å²) in [5.41, 5.74) is 2.62. The first-order valence-corrected chi connectivity index (χ1v) is 8.93. The van der Waals surface area contributed by atoms with Gasteiger partial charge in [0.2, 0.25) is 5.91 Å². The van der Waals surface area contributed by atoms with Crippen molar-refractivity contribution >= 4 is 17.7 Å². The van der Waals surface area contributed by atoms with Crippen LogP contribution in [0.15, 0.2) is 46.1 Å². The highest BCUT2D eigenvalue weighted by molar-refractivity contribution is 8.00. The molecule has 0 saturated carbocycles. The molecular weight excluding hydrogens is 320 g/mol. The molecule has 0 atom stereocenters. The number of amides is 1. The molecule has 0 bridgehead atoms. The zero-order valence-corrected chi connectivity index (χ0v) is 15.4. The number of H-pyrrole nitrogens is 1. The Morgan fingerprint density at radius 1 is 1.12 bits per heavy atom. The molecule has 0 radical (unpaired) electrons. The van der Waals surface area contributed by atoms with Gasteiger partial charge >= 0.3 is 0 Å². The van der Waals surface area contributed by atoms with Gasteiger partial charge in [0.15, 0.2) is 0 Å². The summed E-state index contributed by atoms with van der Waals surface area (Å²) in [7, 11) is 0. The Morgan fingerprint density at radius 3 is 2.38 bits per heavy atom. The standard InChI is InChI=1S/C19H24N2O2S/c1-13-5-6-14(18(23)21-13)11-20-17(22)12-24-16-9-7-15(8-10-16)19(2,3)4/h5-10H,11-12H2,1-4H3,(H,20,22)(H,21,23). The average Bonchev–Trinajstić information content (AvgIpc) is 2.51. The Labute approximate surface area is 147 Å². The summed E-state index contributed by atoms with van der Waals surface area (Å²) in [6.45, 7) is 8.60. The van der Waals surface area contributed by atoms with Crippen molar-refractivity contribution in [1.82, 2.24) is 10.3 Å². The lowest BCUT2D eigenvalue weighted by atomic mass is 9.87. The van der Waals surface area contributed by atoms with Gasteiger partial charge in [0.05, 0.1) is 5.75 Å². The molecular formula is C19H24N2O2S. The lowest BCUT2D eigenvalue weighted by Gasteiger charge is -2.19. The van der Waals surface area contributed by atoms with Gasteiger partial charge in [0.25, 0.3) is 5.56 Å². The normalized spacial score (nSPS) is 11.3. The van der Waals surface area contributed by atoms with Gasteiger partial charge in [-0.2, -0.15) is 0 Å². The molecule has 128 valence electrons. The zero-order chi connectivity index (χ0) is 17.7. The van der Waals surface area contributed by atoms with E-state index in [-0.39, 0.29) is 23.4 Å². The third kappa shape index (κ3) is 5.27. The van der Waals surface area contributed by atoms with Gasteiger partial charge in [-0.15, -0.1) is 11.8 Å². The van der Waals surface area contributed by atoms with E-state index in [4.69, 9.17) is 0 Å². The van der Waals surface area contributed by atoms with Gasteiger partial charge in [0, 0.05) is 22.7 Å². The van der Waals surface area contributed by atoms with Crippen molar-refractivity contribution in [1.29, 1.82) is 0 Å². The molecule has 1 aromatic heterocycles. The van der Waals surface area contributed by atoms with E-state index < -0.39 is 0 Å². The number of benzene rings is 1. The van der Waals surface area contributed by atoms with E-state index in [2.05, 4.69) is 43.2 Å². The van der Waals surface area contributed by atoms with Crippen LogP contribution in [0.25, 0.3) is 0 Å². The molecule has 0 saturated heterocycles. The fraction of sp³-hybridized carbons (Fsp3) is 0.368. The maximum atomic E-state index is 11.9. The number of nitrogens with one attached hydrogen (secondary N) is 2. The number of hydrogen-bond acceptors (Lipinski definition) is 3. The highest BCUT2D eigenvalue weighted by atomic mass is 32.2. The first-order valence-electron chi connectivity index (χ1n) is 7.94. The molecule has 1 amide bonds. The molecule has 5 heteroatoms. The van der Waals surface area contributed by atoms with Crippen LogP contribution in [0.3, 0.4) is 0 Å². The molecule has 0 unspecified atom stereocenters. The van der Waals surface area contributed by atoms with E-state index >= 15 is 0 Å². The summed E-state index contributed by atoms with van der Waals surface area (Å²) in [5, 5.41) is 2.79. The predicted octanol–water partition coefficient (Wildman–Crippen LogP) is 3.39. The molecule has 1 heterocycles. The molecule has 0 aliphatic heterocycles. The van der Waals surface area contributed by atoms with Crippen LogP contribution in [0.5, 0.6) is 0 Å². The van der Waals surface area contributed by atoms with Crippen LogP contribution in [0, 0.1) is 6.92 Å². The Kier molecular flexibility index (Phi) is 5.89. The van der Waals surface area contributed by atoms with E-state index in [9.17, 15) is 9.59 Å². The summed E-state index contributed by atoms with van der Waals surface area (Å²) in [4.78, 5) is 27.5. The van der Waals surface area contributed by atoms with Gasteiger partial charge < -0.3 is 10.3 Å². The lowest BCUT2D eigenvalue weighted by Crippen LogP contribution is -2.28. The molecule has 2 aromatic rings. The van der Waals surface area contributed by atoms with E-state index in [0.717, 1.165) is 10.6 Å². The summed E-state index contributed by atoms with van der Waals surface area (Å²) >= 11 is 1.49. The van der Waals surface area contributed by atoms with Gasteiger partial charge in [-0.25, -0.2) is 0 Å². The Balaban J connectivity index is 1.84. The quantitative estimate of drug-likeness (QED) is 0.817. The van der Waals surface area contributed by atoms with Crippen molar-refractivity contribution in [2.24, 2.45) is 0 Å². The first-order chi connectivity index (χ1) is 11.3. The molecule has 0 spiro atoms. The number of pyridine rings is 1. The Bertz CT molecular complexity index is 758. The maximum Gasteiger partial charge on any atom is 0.253 e. The number of rotatable bonds is 5. The van der Waals surface area contributed by atoms with E-state index in [1.165, 1.54) is 17.3 Å². The molecule has 0 fully saturated rings. The summed E-state index contributed by atoms with van der Waals surface area (Å²) in [6, 6.07) is 11.9. The number of carbonyl (C=O) groups excluding carboxylic acids is 1. The summed E-state index contributed by atoms with van der Waals surface area (Å²) < 4.78 is 0. The molecule has 0 aliphatic carbocycles. The van der Waals surface area contributed by atoms with Gasteiger partial charge in [-0.05, 0) is 36.1 Å². The monoisotopic (exact) mass is 344 g/mol. The maximum absolute atomic E-state index is 11.9. The van der Waals surface area contributed by atoms with Crippen LogP contribution in [0.1, 0.15) is 37.6 Å². The second-order valence-electron chi connectivity index (χ2n) is 6.84. The molecule has 2 N–H and O–H groups in total. The molecule has 1 aromatic carbocycles. The van der Waals surface area contributed by atoms with Crippen LogP contribution in [-0.4, -0.2) is 16.6 Å². The van der Waals surface area contributed by atoms with E-state index in [0.29, 0.717) is 11.3 Å². The average molecular weight is 344 g/mol. The van der Waals surface area contributed by atoms with Gasteiger partial charge in [-0.3, -0.25) is 9.59 Å². The van der Waals surface area contributed by atoms with E-state index in [1.807, 2.05) is 25.1 Å². The molecule has 24 heavy (non-hydrogen) atoms. The fourth-order valence-electron chi connectivity index (χ4n) is 2.19. The Morgan fingerprint density at radius 2 is 1.79 bits per heavy atom. The molecule has 2 rings (SSSR count). The summed E-state index contributed by atoms with van der Waals surface area (Å²) in [5.74, 6) is 0.249. The minimum atomic E-state index is -0.152. The Hall–Kier alpha value is -2.01. The number of hydrogen-bond donors (Lipinski definition) is 2. The molecule has 0 aliphatic rings. The highest BCUT2D eigenvalue weighted by Crippen LogP contribution is 2.25. The first kappa shape index (κ1) is 18.3. The second kappa shape index (κ2) is 7.71. The number of aromatic amines is 1. The zero-order valence-electron chi connectivity index (χ0n) is 14.6. The fourth-order valence-corrected chi connectivity index (χ4v) is 2.91. The largest absolute Gasteiger partial charge is 0.351 e. The third-order valence-corrected chi connectivity index (χ3v) is 4.72. The van der Waals surface area contributed by atoms with Crippen molar-refractivity contribution in [2.75, 3.05) is 5.75 Å². The van der Waals surface area contributed by atoms with Crippen molar-refractivity contribution in [3.63, 3.8) is 0 Å². The van der Waals surface area contributed by atoms with Gasteiger partial charge in [0.1, 0.15) is 0 Å². The van der Waals surface area contributed by atoms with Crippen molar-refractivity contribution in [3.05, 3.63) is 63.6 Å². The van der Waals surface area contributed by atoms with Crippen molar-refractivity contribution in [3.8, 4) is 0 Å². The van der Waals surface area contributed by atoms with Crippen LogP contribution in [-0.2, 0) is 16.8 Å². The van der Waals surface area contributed by atoms with Crippen LogP contribution in [0.2, 0.25) is 0 Å². The molecule has 4 nitrogen and oxygen atoms in total. The predicted molar refractivity (Wildman–Crippen MR) is 99.5 cm³/mol. The van der Waals surface area contributed by atoms with Crippen molar-refractivity contribution < 1.29 is 4.79 Å². The lowest BCUT2D eigenvalue weighted by molar-refractivity contribution is -0.118. The smallest absolute Gasteiger partial charge is 0.253 e. The van der Waals surface area contributed by atoms with Crippen LogP contribution in [0.4, 0.5) is 0 Å².